The molecule has 2 heterocycles. The molecule has 8 heteroatoms. The topological polar surface area (TPSA) is 69.7 Å². The zero-order chi connectivity index (χ0) is 21.2. The maximum atomic E-state index is 12.8. The summed E-state index contributed by atoms with van der Waals surface area (Å²) < 4.78 is 27.3. The molecule has 2 aromatic rings. The van der Waals surface area contributed by atoms with Crippen LogP contribution in [0.15, 0.2) is 41.8 Å². The molecule has 1 saturated heterocycles. The second-order valence-electron chi connectivity index (χ2n) is 7.48. The van der Waals surface area contributed by atoms with E-state index in [1.807, 2.05) is 57.4 Å². The molecule has 0 saturated carbocycles. The van der Waals surface area contributed by atoms with Crippen LogP contribution in [0.5, 0.6) is 0 Å². The van der Waals surface area contributed by atoms with Crippen LogP contribution in [0.1, 0.15) is 34.7 Å². The van der Waals surface area contributed by atoms with E-state index in [0.717, 1.165) is 26.4 Å². The number of carbonyl (C=O) groups excluding carboxylic acids is 1. The molecule has 3 rings (SSSR count). The first-order valence-electron chi connectivity index (χ1n) is 9.51. The lowest BCUT2D eigenvalue weighted by atomic mass is 10.1. The molecule has 1 aliphatic rings. The highest BCUT2D eigenvalue weighted by atomic mass is 32.2. The third-order valence-corrected chi connectivity index (χ3v) is 7.22. The van der Waals surface area contributed by atoms with Crippen molar-refractivity contribution in [3.63, 3.8) is 0 Å². The number of aryl methyl sites for hydroxylation is 1. The first kappa shape index (κ1) is 21.7. The zero-order valence-electron chi connectivity index (χ0n) is 17.1. The average Bonchev–Trinajstić information content (AvgIpc) is 3.25. The predicted octanol–water partition coefficient (Wildman–Crippen LogP) is 3.37. The van der Waals surface area contributed by atoms with Gasteiger partial charge >= 0.3 is 0 Å². The van der Waals surface area contributed by atoms with E-state index in [2.05, 4.69) is 16.5 Å². The third-order valence-electron chi connectivity index (χ3n) is 5.15. The number of benzene rings is 1. The van der Waals surface area contributed by atoms with Crippen molar-refractivity contribution in [2.24, 2.45) is 0 Å². The van der Waals surface area contributed by atoms with Crippen molar-refractivity contribution < 1.29 is 13.2 Å². The van der Waals surface area contributed by atoms with Crippen molar-refractivity contribution in [3.8, 4) is 0 Å². The molecule has 29 heavy (non-hydrogen) atoms. The first-order valence-corrected chi connectivity index (χ1v) is 11.9. The van der Waals surface area contributed by atoms with E-state index in [4.69, 9.17) is 0 Å². The van der Waals surface area contributed by atoms with Gasteiger partial charge < -0.3 is 9.80 Å². The minimum Gasteiger partial charge on any atom is -0.311 e. The monoisotopic (exact) mass is 433 g/mol. The van der Waals surface area contributed by atoms with Gasteiger partial charge in [0.05, 0.1) is 0 Å². The summed E-state index contributed by atoms with van der Waals surface area (Å²) >= 11 is 1.52. The van der Waals surface area contributed by atoms with Crippen molar-refractivity contribution in [2.75, 3.05) is 25.5 Å². The summed E-state index contributed by atoms with van der Waals surface area (Å²) in [7, 11) is 0.345. The molecule has 0 radical (unpaired) electrons. The summed E-state index contributed by atoms with van der Waals surface area (Å²) in [5.74, 6) is -0.220. The molecular weight excluding hydrogens is 406 g/mol. The van der Waals surface area contributed by atoms with Gasteiger partial charge in [-0.1, -0.05) is 12.1 Å². The molecule has 0 spiro atoms. The van der Waals surface area contributed by atoms with Crippen molar-refractivity contribution >= 4 is 39.0 Å². The van der Waals surface area contributed by atoms with Crippen LogP contribution in [0.2, 0.25) is 0 Å². The second-order valence-corrected chi connectivity index (χ2v) is 10.4. The number of hydrogen-bond acceptors (Lipinski definition) is 5. The van der Waals surface area contributed by atoms with Gasteiger partial charge in [0.25, 0.3) is 0 Å². The van der Waals surface area contributed by atoms with E-state index < -0.39 is 16.1 Å². The SMILES string of the molecule is Cc1ccc(/C=C/S(=O)(=O)N[C@H]2CCN(c3ccc(C(C)N(C)C)cc3)C2=O)s1. The molecule has 6 nitrogen and oxygen atoms in total. The van der Waals surface area contributed by atoms with Crippen LogP contribution in [0.25, 0.3) is 6.08 Å². The van der Waals surface area contributed by atoms with Crippen LogP contribution in [0, 0.1) is 6.92 Å². The van der Waals surface area contributed by atoms with Gasteiger partial charge in [-0.15, -0.1) is 11.3 Å². The molecule has 1 unspecified atom stereocenters. The predicted molar refractivity (Wildman–Crippen MR) is 119 cm³/mol. The lowest BCUT2D eigenvalue weighted by Gasteiger charge is -2.22. The number of rotatable bonds is 7. The van der Waals surface area contributed by atoms with Gasteiger partial charge in [-0.2, -0.15) is 4.72 Å². The Labute approximate surface area is 176 Å². The number of nitrogens with zero attached hydrogens (tertiary/aromatic N) is 2. The zero-order valence-corrected chi connectivity index (χ0v) is 18.8. The van der Waals surface area contributed by atoms with E-state index in [1.165, 1.54) is 11.3 Å². The fraction of sp³-hybridized carbons (Fsp3) is 0.381. The van der Waals surface area contributed by atoms with Gasteiger partial charge in [0.15, 0.2) is 0 Å². The summed E-state index contributed by atoms with van der Waals surface area (Å²) in [4.78, 5) is 18.5. The third kappa shape index (κ3) is 5.33. The van der Waals surface area contributed by atoms with Crippen LogP contribution in [0.3, 0.4) is 0 Å². The molecule has 1 aliphatic heterocycles. The van der Waals surface area contributed by atoms with Crippen LogP contribution < -0.4 is 9.62 Å². The van der Waals surface area contributed by atoms with Gasteiger partial charge in [0.1, 0.15) is 6.04 Å². The van der Waals surface area contributed by atoms with Gasteiger partial charge in [-0.3, -0.25) is 4.79 Å². The molecule has 0 bridgehead atoms. The average molecular weight is 434 g/mol. The summed E-state index contributed by atoms with van der Waals surface area (Å²) in [6, 6.07) is 11.2. The van der Waals surface area contributed by atoms with Crippen LogP contribution in [-0.2, 0) is 14.8 Å². The standard InChI is InChI=1S/C21H27N3O3S2/c1-15-5-10-19(28-15)12-14-29(26,27)22-20-11-13-24(21(20)25)18-8-6-17(7-9-18)16(2)23(3)4/h5-10,12,14,16,20,22H,11,13H2,1-4H3/b14-12+/t16?,20-/m0/s1. The van der Waals surface area contributed by atoms with E-state index in [0.29, 0.717) is 13.0 Å². The van der Waals surface area contributed by atoms with Crippen molar-refractivity contribution in [1.29, 1.82) is 0 Å². The summed E-state index contributed by atoms with van der Waals surface area (Å²) in [5.41, 5.74) is 1.95. The van der Waals surface area contributed by atoms with E-state index in [-0.39, 0.29) is 11.9 Å². The molecule has 156 valence electrons. The Balaban J connectivity index is 1.65. The normalized spacial score (nSPS) is 18.9. The van der Waals surface area contributed by atoms with Crippen molar-refractivity contribution in [3.05, 3.63) is 57.1 Å². The van der Waals surface area contributed by atoms with Gasteiger partial charge in [-0.25, -0.2) is 8.42 Å². The maximum Gasteiger partial charge on any atom is 0.245 e. The smallest absolute Gasteiger partial charge is 0.245 e. The summed E-state index contributed by atoms with van der Waals surface area (Å²) in [6.07, 6.45) is 2.00. The van der Waals surface area contributed by atoms with Gasteiger partial charge in [-0.05, 0) is 70.3 Å². The first-order chi connectivity index (χ1) is 13.7. The van der Waals surface area contributed by atoms with E-state index >= 15 is 0 Å². The number of hydrogen-bond donors (Lipinski definition) is 1. The fourth-order valence-corrected chi connectivity index (χ4v) is 5.10. The lowest BCUT2D eigenvalue weighted by Crippen LogP contribution is -2.40. The van der Waals surface area contributed by atoms with Crippen molar-refractivity contribution in [2.45, 2.75) is 32.4 Å². The minimum absolute atomic E-state index is 0.220. The highest BCUT2D eigenvalue weighted by Crippen LogP contribution is 2.25. The number of nitrogens with one attached hydrogen (secondary N) is 1. The highest BCUT2D eigenvalue weighted by Gasteiger charge is 2.34. The van der Waals surface area contributed by atoms with E-state index in [9.17, 15) is 13.2 Å². The Morgan fingerprint density at radius 3 is 2.48 bits per heavy atom. The number of carbonyl (C=O) groups is 1. The molecular formula is C21H27N3O3S2. The molecule has 1 aromatic carbocycles. The number of thiophene rings is 1. The quantitative estimate of drug-likeness (QED) is 0.727. The Kier molecular flexibility index (Phi) is 6.58. The maximum absolute atomic E-state index is 12.8. The molecule has 1 N–H and O–H groups in total. The van der Waals surface area contributed by atoms with Crippen LogP contribution in [-0.4, -0.2) is 45.9 Å². The Hall–Kier alpha value is -2.00. The molecule has 1 aromatic heterocycles. The Bertz CT molecular complexity index is 994. The van der Waals surface area contributed by atoms with E-state index in [1.54, 1.807) is 11.0 Å². The Morgan fingerprint density at radius 1 is 1.21 bits per heavy atom. The Morgan fingerprint density at radius 2 is 1.90 bits per heavy atom. The van der Waals surface area contributed by atoms with Crippen LogP contribution >= 0.6 is 11.3 Å². The molecule has 2 atom stereocenters. The van der Waals surface area contributed by atoms with Crippen molar-refractivity contribution in [1.82, 2.24) is 9.62 Å². The highest BCUT2D eigenvalue weighted by molar-refractivity contribution is 7.92. The second kappa shape index (κ2) is 8.79. The largest absolute Gasteiger partial charge is 0.311 e. The van der Waals surface area contributed by atoms with Gasteiger partial charge in [0.2, 0.25) is 15.9 Å². The summed E-state index contributed by atoms with van der Waals surface area (Å²) in [6.45, 7) is 4.57. The molecule has 1 fully saturated rings. The number of sulfonamides is 1. The fourth-order valence-electron chi connectivity index (χ4n) is 3.21. The number of amides is 1. The summed E-state index contributed by atoms with van der Waals surface area (Å²) in [5, 5.41) is 1.13. The van der Waals surface area contributed by atoms with Gasteiger partial charge in [0, 0.05) is 33.4 Å². The lowest BCUT2D eigenvalue weighted by molar-refractivity contribution is -0.118. The minimum atomic E-state index is -3.70. The number of anilines is 1. The molecule has 0 aliphatic carbocycles. The molecule has 1 amide bonds. The van der Waals surface area contributed by atoms with Crippen LogP contribution in [0.4, 0.5) is 5.69 Å².